The molecule has 0 heterocycles. The van der Waals surface area contributed by atoms with E-state index in [1.54, 1.807) is 88.4 Å². The number of carbonyl (C=O) groups excluding carboxylic acids is 10. The Labute approximate surface area is 449 Å². The van der Waals surface area contributed by atoms with Crippen molar-refractivity contribution in [1.82, 2.24) is 47.9 Å². The van der Waals surface area contributed by atoms with Crippen LogP contribution in [0.15, 0.2) is 60.7 Å². The van der Waals surface area contributed by atoms with Crippen LogP contribution in [0.1, 0.15) is 70.9 Å². The van der Waals surface area contributed by atoms with Crippen molar-refractivity contribution in [3.05, 3.63) is 71.8 Å². The Morgan fingerprint density at radius 2 is 0.846 bits per heavy atom. The number of benzene rings is 2. The van der Waals surface area contributed by atoms with E-state index in [1.165, 1.54) is 0 Å². The summed E-state index contributed by atoms with van der Waals surface area (Å²) in [6, 6.07) is 1.99. The fraction of sp³-hybridized carbons (Fsp3) is 0.520. The molecule has 0 aliphatic heterocycles. The van der Waals surface area contributed by atoms with Gasteiger partial charge in [-0.25, -0.2) is 4.79 Å². The van der Waals surface area contributed by atoms with Gasteiger partial charge in [-0.2, -0.15) is 0 Å². The molecule has 0 radical (unpaired) electrons. The summed E-state index contributed by atoms with van der Waals surface area (Å²) in [5.74, 6) is -13.7. The summed E-state index contributed by atoms with van der Waals surface area (Å²) >= 11 is 0. The second kappa shape index (κ2) is 33.8. The molecule has 0 spiro atoms. The highest BCUT2D eigenvalue weighted by atomic mass is 16.4. The number of hydrogen-bond donors (Lipinski definition) is 16. The summed E-state index contributed by atoms with van der Waals surface area (Å²) in [7, 11) is 0. The minimum Gasteiger partial charge on any atom is -0.481 e. The maximum atomic E-state index is 14.2. The standard InChI is InChI=1S/C50H73N11O17/c1-26(2)17-32(43(70)53-22-40(66)54-37(24-63)48(75)60-36(50(77)78)18-27(3)4)57-44(71)31(15-16-41(67)68)55-45(72)34(20-29-13-9-6-10-14-29)58-49(76)38(25-64)61-47(74)35(21-39(52)65)59-46(73)33(56-42(69)30(51)23-62)19-28-11-7-5-8-12-28/h5-14,26-27,30-38,62-64H,15-25,51H2,1-4H3,(H2,52,65)(H,53,70)(H,54,66)(H,55,72)(H,56,69)(H,57,71)(H,58,76)(H,59,73)(H,60,75)(H,61,74)(H,67,68)(H,77,78)/t30-,31-,32-,33-,34-,35-,36-,37-,38-/m0/s1. The Hall–Kier alpha value is -8.08. The minimum atomic E-state index is -1.90. The van der Waals surface area contributed by atoms with Gasteiger partial charge in [0.15, 0.2) is 0 Å². The zero-order valence-electron chi connectivity index (χ0n) is 43.7. The number of aliphatic hydroxyl groups excluding tert-OH is 3. The summed E-state index contributed by atoms with van der Waals surface area (Å²) in [6.07, 6.45) is -2.59. The number of rotatable bonds is 35. The quantitative estimate of drug-likeness (QED) is 0.0306. The third-order valence-corrected chi connectivity index (χ3v) is 11.4. The summed E-state index contributed by atoms with van der Waals surface area (Å²) in [5.41, 5.74) is 12.0. The molecule has 18 N–H and O–H groups in total. The summed E-state index contributed by atoms with van der Waals surface area (Å²) in [4.78, 5) is 157. The molecule has 0 aliphatic carbocycles. The number of primary amides is 1. The van der Waals surface area contributed by atoms with E-state index in [2.05, 4.69) is 47.9 Å². The first-order chi connectivity index (χ1) is 36.8. The molecule has 2 aromatic rings. The topological polar surface area (TPSA) is 466 Å². The van der Waals surface area contributed by atoms with Crippen LogP contribution in [0.25, 0.3) is 0 Å². The maximum absolute atomic E-state index is 14.2. The van der Waals surface area contributed by atoms with Crippen LogP contribution in [0, 0.1) is 11.8 Å². The molecule has 0 saturated heterocycles. The van der Waals surface area contributed by atoms with Crippen LogP contribution in [-0.4, -0.2) is 177 Å². The van der Waals surface area contributed by atoms with E-state index in [0.29, 0.717) is 11.1 Å². The van der Waals surface area contributed by atoms with E-state index in [0.717, 1.165) is 0 Å². The number of aliphatic carboxylic acids is 2. The lowest BCUT2D eigenvalue weighted by molar-refractivity contribution is -0.143. The van der Waals surface area contributed by atoms with Crippen molar-refractivity contribution in [1.29, 1.82) is 0 Å². The average Bonchev–Trinajstić information content (AvgIpc) is 3.38. The molecule has 2 rings (SSSR count). The van der Waals surface area contributed by atoms with Crippen LogP contribution in [0.2, 0.25) is 0 Å². The van der Waals surface area contributed by atoms with Crippen molar-refractivity contribution in [3.63, 3.8) is 0 Å². The molecule has 0 saturated carbocycles. The molecule has 28 nitrogen and oxygen atoms in total. The average molecular weight is 1100 g/mol. The Kier molecular flexibility index (Phi) is 28.7. The highest BCUT2D eigenvalue weighted by Gasteiger charge is 2.35. The first kappa shape index (κ1) is 66.0. The number of nitrogens with one attached hydrogen (secondary N) is 9. The number of nitrogens with two attached hydrogens (primary N) is 2. The van der Waals surface area contributed by atoms with Gasteiger partial charge in [-0.15, -0.1) is 0 Å². The van der Waals surface area contributed by atoms with Gasteiger partial charge in [-0.3, -0.25) is 52.7 Å². The van der Waals surface area contributed by atoms with Crippen LogP contribution < -0.4 is 59.3 Å². The number of carboxylic acid groups (broad SMARTS) is 2. The molecule has 0 aliphatic rings. The van der Waals surface area contributed by atoms with Crippen molar-refractivity contribution in [2.24, 2.45) is 23.3 Å². The Morgan fingerprint density at radius 3 is 1.29 bits per heavy atom. The van der Waals surface area contributed by atoms with E-state index in [1.807, 2.05) is 0 Å². The number of amides is 10. The van der Waals surface area contributed by atoms with Crippen molar-refractivity contribution in [3.8, 4) is 0 Å². The summed E-state index contributed by atoms with van der Waals surface area (Å²) in [5, 5.41) is 69.5. The van der Waals surface area contributed by atoms with Crippen LogP contribution in [0.4, 0.5) is 0 Å². The van der Waals surface area contributed by atoms with E-state index < -0.39 is 171 Å². The fourth-order valence-electron chi connectivity index (χ4n) is 7.38. The third-order valence-electron chi connectivity index (χ3n) is 11.4. The Morgan fingerprint density at radius 1 is 0.462 bits per heavy atom. The maximum Gasteiger partial charge on any atom is 0.326 e. The van der Waals surface area contributed by atoms with Crippen molar-refractivity contribution in [2.45, 2.75) is 127 Å². The van der Waals surface area contributed by atoms with Gasteiger partial charge < -0.3 is 84.9 Å². The van der Waals surface area contributed by atoms with E-state index >= 15 is 0 Å². The van der Waals surface area contributed by atoms with Gasteiger partial charge in [0.05, 0.1) is 32.8 Å². The molecule has 0 bridgehead atoms. The highest BCUT2D eigenvalue weighted by molar-refractivity contribution is 5.99. The van der Waals surface area contributed by atoms with Crippen molar-refractivity contribution in [2.75, 3.05) is 26.4 Å². The van der Waals surface area contributed by atoms with Crippen molar-refractivity contribution >= 4 is 71.0 Å². The highest BCUT2D eigenvalue weighted by Crippen LogP contribution is 2.11. The predicted octanol–water partition coefficient (Wildman–Crippen LogP) is -5.31. The van der Waals surface area contributed by atoms with Crippen LogP contribution in [0.5, 0.6) is 0 Å². The van der Waals surface area contributed by atoms with Crippen LogP contribution >= 0.6 is 0 Å². The number of aliphatic hydroxyl groups is 3. The van der Waals surface area contributed by atoms with Gasteiger partial charge in [0.1, 0.15) is 54.4 Å². The molecule has 10 amide bonds. The minimum absolute atomic E-state index is 0.0470. The molecule has 9 atom stereocenters. The van der Waals surface area contributed by atoms with Crippen molar-refractivity contribution < 1.29 is 83.1 Å². The summed E-state index contributed by atoms with van der Waals surface area (Å²) in [6.45, 7) is 3.18. The van der Waals surface area contributed by atoms with Gasteiger partial charge >= 0.3 is 11.9 Å². The first-order valence-electron chi connectivity index (χ1n) is 24.9. The van der Waals surface area contributed by atoms with E-state index in [4.69, 9.17) is 11.5 Å². The van der Waals surface area contributed by atoms with E-state index in [9.17, 15) is 83.1 Å². The molecular formula is C50H73N11O17. The fourth-order valence-corrected chi connectivity index (χ4v) is 7.38. The van der Waals surface area contributed by atoms with Gasteiger partial charge in [-0.1, -0.05) is 88.4 Å². The van der Waals surface area contributed by atoms with Crippen LogP contribution in [0.3, 0.4) is 0 Å². The Bertz CT molecular complexity index is 2380. The predicted molar refractivity (Wildman–Crippen MR) is 275 cm³/mol. The number of hydrogen-bond acceptors (Lipinski definition) is 16. The normalized spacial score (nSPS) is 14.5. The monoisotopic (exact) mass is 1100 g/mol. The lowest BCUT2D eigenvalue weighted by Crippen LogP contribution is -2.61. The molecule has 28 heteroatoms. The number of carbonyl (C=O) groups is 12. The molecule has 2 aromatic carbocycles. The summed E-state index contributed by atoms with van der Waals surface area (Å²) < 4.78 is 0. The smallest absolute Gasteiger partial charge is 0.326 e. The molecule has 0 unspecified atom stereocenters. The first-order valence-corrected chi connectivity index (χ1v) is 24.9. The lowest BCUT2D eigenvalue weighted by atomic mass is 10.0. The lowest BCUT2D eigenvalue weighted by Gasteiger charge is -2.27. The van der Waals surface area contributed by atoms with Gasteiger partial charge in [0.2, 0.25) is 59.1 Å². The zero-order valence-corrected chi connectivity index (χ0v) is 43.7. The largest absolute Gasteiger partial charge is 0.481 e. The molecule has 0 fully saturated rings. The van der Waals surface area contributed by atoms with Gasteiger partial charge in [0.25, 0.3) is 0 Å². The third kappa shape index (κ3) is 24.3. The second-order valence-corrected chi connectivity index (χ2v) is 19.0. The molecule has 0 aromatic heterocycles. The van der Waals surface area contributed by atoms with Gasteiger partial charge in [0, 0.05) is 19.3 Å². The molecule has 78 heavy (non-hydrogen) atoms. The van der Waals surface area contributed by atoms with Gasteiger partial charge in [-0.05, 0) is 42.2 Å². The molecular weight excluding hydrogens is 1030 g/mol. The van der Waals surface area contributed by atoms with Crippen LogP contribution in [-0.2, 0) is 70.4 Å². The SMILES string of the molecule is CC(C)C[C@H](NC(=O)[C@H](CO)NC(=O)CNC(=O)[C@H](CC(C)C)NC(=O)[C@H](CCC(=O)O)NC(=O)[C@H](Cc1ccccc1)NC(=O)[C@H](CO)NC(=O)[C@H](CC(N)=O)NC(=O)[C@H](Cc1ccccc1)NC(=O)[C@@H](N)CO)C(=O)O. The zero-order chi connectivity index (χ0) is 58.6. The molecule has 430 valence electrons. The van der Waals surface area contributed by atoms with E-state index in [-0.39, 0.29) is 37.5 Å². The second-order valence-electron chi connectivity index (χ2n) is 19.0. The Balaban J connectivity index is 2.35. The number of carboxylic acids is 2.